The zero-order valence-electron chi connectivity index (χ0n) is 21.3. The number of nitrogens with one attached hydrogen (secondary N) is 1. The highest BCUT2D eigenvalue weighted by Gasteiger charge is 2.41. The minimum Gasteiger partial charge on any atom is -0.453 e. The molecule has 7 nitrogen and oxygen atoms in total. The molecule has 11 heteroatoms. The number of hydrogen-bond donors (Lipinski definition) is 2. The number of nitrogens with zero attached hydrogens (tertiary/aromatic N) is 2. The third-order valence-electron chi connectivity index (χ3n) is 6.81. The molecule has 1 unspecified atom stereocenters. The molecule has 2 aliphatic rings. The SMILES string of the molecule is CCCN=S(=O)(N[C@H]1CCC[C@H](N2c3ccccc3Oc3ccccc32)[C@H]1O)c1ccc(OC(F)(F)F)cc1. The van der Waals surface area contributed by atoms with Crippen molar-refractivity contribution >= 4 is 21.3 Å². The van der Waals surface area contributed by atoms with E-state index in [9.17, 15) is 22.5 Å². The number of fused-ring (bicyclic) bond motifs is 2. The van der Waals surface area contributed by atoms with Gasteiger partial charge in [-0.25, -0.2) is 13.3 Å². The average molecular weight is 562 g/mol. The molecule has 208 valence electrons. The molecule has 0 bridgehead atoms. The smallest absolute Gasteiger partial charge is 0.453 e. The van der Waals surface area contributed by atoms with Gasteiger partial charge in [-0.15, -0.1) is 13.2 Å². The van der Waals surface area contributed by atoms with Crippen molar-refractivity contribution < 1.29 is 32.0 Å². The molecule has 0 radical (unpaired) electrons. The van der Waals surface area contributed by atoms with Crippen molar-refractivity contribution in [1.29, 1.82) is 0 Å². The standard InChI is InChI=1S/C28H30F3N3O4S/c1-2-18-32-39(36,20-16-14-19(15-17-20)38-28(29,30)31)33-21-8-7-11-24(27(21)35)34-22-9-3-5-12-25(22)37-26-13-6-4-10-23(26)34/h3-6,9-10,12-17,21,24,27,35H,2,7-8,11,18H2,1H3,(H,32,33,36)/t21-,24-,27-,39?/m0/s1. The lowest BCUT2D eigenvalue weighted by Crippen LogP contribution is -2.56. The number of aliphatic hydroxyl groups excluding tert-OH is 1. The number of aliphatic hydroxyl groups is 1. The van der Waals surface area contributed by atoms with Crippen LogP contribution in [0.15, 0.2) is 82.1 Å². The van der Waals surface area contributed by atoms with E-state index in [0.717, 1.165) is 29.9 Å². The molecule has 1 heterocycles. The monoisotopic (exact) mass is 561 g/mol. The van der Waals surface area contributed by atoms with Gasteiger partial charge in [0.2, 0.25) is 0 Å². The van der Waals surface area contributed by atoms with Crippen LogP contribution in [0, 0.1) is 0 Å². The van der Waals surface area contributed by atoms with Gasteiger partial charge < -0.3 is 19.5 Å². The van der Waals surface area contributed by atoms with Gasteiger partial charge in [0.1, 0.15) is 15.7 Å². The third kappa shape index (κ3) is 5.85. The van der Waals surface area contributed by atoms with Gasteiger partial charge in [0.15, 0.2) is 11.5 Å². The first-order valence-corrected chi connectivity index (χ1v) is 14.4. The summed E-state index contributed by atoms with van der Waals surface area (Å²) in [6.45, 7) is 2.17. The molecule has 1 aliphatic heterocycles. The summed E-state index contributed by atoms with van der Waals surface area (Å²) in [4.78, 5) is 2.31. The average Bonchev–Trinajstić information content (AvgIpc) is 2.91. The van der Waals surface area contributed by atoms with E-state index in [0.29, 0.717) is 30.8 Å². The third-order valence-corrected chi connectivity index (χ3v) is 8.89. The fourth-order valence-electron chi connectivity index (χ4n) is 5.09. The van der Waals surface area contributed by atoms with Crippen LogP contribution in [-0.2, 0) is 9.92 Å². The molecule has 0 saturated heterocycles. The van der Waals surface area contributed by atoms with E-state index >= 15 is 0 Å². The van der Waals surface area contributed by atoms with Crippen LogP contribution >= 0.6 is 0 Å². The molecule has 39 heavy (non-hydrogen) atoms. The molecule has 2 N–H and O–H groups in total. The van der Waals surface area contributed by atoms with Gasteiger partial charge in [-0.05, 0) is 74.2 Å². The molecule has 0 spiro atoms. The van der Waals surface area contributed by atoms with Crippen molar-refractivity contribution in [2.45, 2.75) is 62.1 Å². The highest BCUT2D eigenvalue weighted by Crippen LogP contribution is 2.49. The lowest BCUT2D eigenvalue weighted by atomic mass is 9.86. The van der Waals surface area contributed by atoms with Crippen LogP contribution in [0.3, 0.4) is 0 Å². The van der Waals surface area contributed by atoms with Gasteiger partial charge in [0, 0.05) is 12.6 Å². The summed E-state index contributed by atoms with van der Waals surface area (Å²) in [6, 6.07) is 19.2. The molecule has 4 atom stereocenters. The van der Waals surface area contributed by atoms with Crippen LogP contribution in [0.5, 0.6) is 17.2 Å². The van der Waals surface area contributed by atoms with Crippen LogP contribution in [0.25, 0.3) is 0 Å². The van der Waals surface area contributed by atoms with Gasteiger partial charge >= 0.3 is 6.36 Å². The maximum absolute atomic E-state index is 14.2. The van der Waals surface area contributed by atoms with E-state index in [1.54, 1.807) is 0 Å². The van der Waals surface area contributed by atoms with Gasteiger partial charge in [0.25, 0.3) is 0 Å². The van der Waals surface area contributed by atoms with Crippen LogP contribution < -0.4 is 19.1 Å². The Bertz CT molecular complexity index is 1380. The number of benzene rings is 3. The van der Waals surface area contributed by atoms with Crippen molar-refractivity contribution in [3.8, 4) is 17.2 Å². The molecule has 0 amide bonds. The van der Waals surface area contributed by atoms with Crippen LogP contribution in [-0.4, -0.2) is 40.4 Å². The molecular weight excluding hydrogens is 531 g/mol. The summed E-state index contributed by atoms with van der Waals surface area (Å²) in [6.07, 6.45) is -3.12. The lowest BCUT2D eigenvalue weighted by Gasteiger charge is -2.45. The molecule has 3 aromatic carbocycles. The molecular formula is C28H30F3N3O4S. The Morgan fingerprint density at radius 3 is 2.23 bits per heavy atom. The number of para-hydroxylation sites is 4. The summed E-state index contributed by atoms with van der Waals surface area (Å²) < 4.78 is 69.6. The first-order chi connectivity index (χ1) is 18.7. The van der Waals surface area contributed by atoms with E-state index in [2.05, 4.69) is 18.7 Å². The van der Waals surface area contributed by atoms with E-state index < -0.39 is 34.2 Å². The molecule has 3 aromatic rings. The predicted octanol–water partition coefficient (Wildman–Crippen LogP) is 6.55. The summed E-state index contributed by atoms with van der Waals surface area (Å²) in [7, 11) is -3.26. The maximum atomic E-state index is 14.2. The maximum Gasteiger partial charge on any atom is 0.573 e. The normalized spacial score (nSPS) is 22.2. The molecule has 1 saturated carbocycles. The first-order valence-electron chi connectivity index (χ1n) is 12.9. The zero-order valence-corrected chi connectivity index (χ0v) is 22.1. The van der Waals surface area contributed by atoms with Crippen molar-refractivity contribution in [3.05, 3.63) is 72.8 Å². The Morgan fingerprint density at radius 1 is 1.03 bits per heavy atom. The number of hydrogen-bond acceptors (Lipinski definition) is 6. The number of ether oxygens (including phenoxy) is 2. The molecule has 1 aliphatic carbocycles. The minimum atomic E-state index is -4.83. The van der Waals surface area contributed by atoms with Gasteiger partial charge in [-0.1, -0.05) is 31.2 Å². The fraction of sp³-hybridized carbons (Fsp3) is 0.357. The molecule has 5 rings (SSSR count). The Morgan fingerprint density at radius 2 is 1.64 bits per heavy atom. The van der Waals surface area contributed by atoms with Gasteiger partial charge in [0.05, 0.1) is 28.4 Å². The van der Waals surface area contributed by atoms with E-state index in [4.69, 9.17) is 4.74 Å². The quantitative estimate of drug-likeness (QED) is 0.342. The lowest BCUT2D eigenvalue weighted by molar-refractivity contribution is -0.274. The topological polar surface area (TPSA) is 83.4 Å². The van der Waals surface area contributed by atoms with Gasteiger partial charge in [-0.3, -0.25) is 0 Å². The zero-order chi connectivity index (χ0) is 27.6. The second kappa shape index (κ2) is 11.1. The van der Waals surface area contributed by atoms with Crippen LogP contribution in [0.1, 0.15) is 32.6 Å². The number of alkyl halides is 3. The van der Waals surface area contributed by atoms with Crippen molar-refractivity contribution in [2.24, 2.45) is 4.36 Å². The van der Waals surface area contributed by atoms with Gasteiger partial charge in [-0.2, -0.15) is 0 Å². The van der Waals surface area contributed by atoms with Crippen molar-refractivity contribution in [2.75, 3.05) is 11.4 Å². The number of rotatable bonds is 7. The predicted molar refractivity (Wildman–Crippen MR) is 143 cm³/mol. The highest BCUT2D eigenvalue weighted by atomic mass is 32.2. The minimum absolute atomic E-state index is 0.224. The second-order valence-electron chi connectivity index (χ2n) is 9.52. The largest absolute Gasteiger partial charge is 0.573 e. The van der Waals surface area contributed by atoms with E-state index in [1.807, 2.05) is 55.5 Å². The highest BCUT2D eigenvalue weighted by molar-refractivity contribution is 7.91. The number of halogens is 3. The summed E-state index contributed by atoms with van der Waals surface area (Å²) >= 11 is 0. The molecule has 0 aromatic heterocycles. The fourth-order valence-corrected chi connectivity index (χ4v) is 7.06. The number of anilines is 2. The Labute approximate surface area is 225 Å². The molecule has 1 fully saturated rings. The summed E-state index contributed by atoms with van der Waals surface area (Å²) in [5.41, 5.74) is 1.66. The second-order valence-corrected chi connectivity index (χ2v) is 11.5. The summed E-state index contributed by atoms with van der Waals surface area (Å²) in [5.74, 6) is 0.952. The van der Waals surface area contributed by atoms with E-state index in [1.165, 1.54) is 12.1 Å². The summed E-state index contributed by atoms with van der Waals surface area (Å²) in [5, 5.41) is 11.7. The van der Waals surface area contributed by atoms with Crippen molar-refractivity contribution in [3.63, 3.8) is 0 Å². The Kier molecular flexibility index (Phi) is 7.75. The Hall–Kier alpha value is -3.28. The van der Waals surface area contributed by atoms with Crippen LogP contribution in [0.2, 0.25) is 0 Å². The van der Waals surface area contributed by atoms with E-state index in [-0.39, 0.29) is 17.5 Å². The Balaban J connectivity index is 1.45. The van der Waals surface area contributed by atoms with Crippen molar-refractivity contribution in [1.82, 2.24) is 4.72 Å². The first kappa shape index (κ1) is 27.3. The van der Waals surface area contributed by atoms with Crippen LogP contribution in [0.4, 0.5) is 24.5 Å².